The molecule has 1 saturated heterocycles. The van der Waals surface area contributed by atoms with Crippen LogP contribution in [-0.4, -0.2) is 41.1 Å². The molecule has 1 unspecified atom stereocenters. The Bertz CT molecular complexity index is 702. The summed E-state index contributed by atoms with van der Waals surface area (Å²) < 4.78 is 0. The zero-order valence-corrected chi connectivity index (χ0v) is 20.7. The SMILES string of the molecule is CCCCCCCCN1CCCNC1C(C)(C)N(Cc1ccccc1)Cc1ccccc1. The van der Waals surface area contributed by atoms with Gasteiger partial charge in [-0.25, -0.2) is 0 Å². The van der Waals surface area contributed by atoms with E-state index in [1.54, 1.807) is 0 Å². The van der Waals surface area contributed by atoms with Crippen LogP contribution in [0.5, 0.6) is 0 Å². The Hall–Kier alpha value is -1.68. The third-order valence-electron chi connectivity index (χ3n) is 7.04. The van der Waals surface area contributed by atoms with Gasteiger partial charge in [-0.2, -0.15) is 0 Å². The van der Waals surface area contributed by atoms with Crippen LogP contribution >= 0.6 is 0 Å². The minimum Gasteiger partial charge on any atom is -0.300 e. The van der Waals surface area contributed by atoms with Gasteiger partial charge in [0.1, 0.15) is 0 Å². The first-order valence-electron chi connectivity index (χ1n) is 12.9. The molecule has 0 aliphatic carbocycles. The second-order valence-electron chi connectivity index (χ2n) is 9.99. The summed E-state index contributed by atoms with van der Waals surface area (Å²) in [7, 11) is 0. The van der Waals surface area contributed by atoms with Gasteiger partial charge in [-0.1, -0.05) is 99.7 Å². The molecule has 3 nitrogen and oxygen atoms in total. The van der Waals surface area contributed by atoms with Crippen molar-refractivity contribution in [2.75, 3.05) is 19.6 Å². The highest BCUT2D eigenvalue weighted by Gasteiger charge is 2.40. The molecule has 1 atom stereocenters. The summed E-state index contributed by atoms with van der Waals surface area (Å²) in [5.74, 6) is 0. The molecule has 1 heterocycles. The zero-order valence-electron chi connectivity index (χ0n) is 20.7. The van der Waals surface area contributed by atoms with Gasteiger partial charge in [-0.3, -0.25) is 9.80 Å². The summed E-state index contributed by atoms with van der Waals surface area (Å²) in [5, 5.41) is 3.91. The molecule has 3 rings (SSSR count). The lowest BCUT2D eigenvalue weighted by Crippen LogP contribution is -2.66. The lowest BCUT2D eigenvalue weighted by Gasteiger charge is -2.51. The third kappa shape index (κ3) is 7.43. The fraction of sp³-hybridized carbons (Fsp3) is 0.586. The molecule has 0 aromatic heterocycles. The first kappa shape index (κ1) is 25.0. The van der Waals surface area contributed by atoms with Crippen LogP contribution in [0.2, 0.25) is 0 Å². The molecule has 0 amide bonds. The topological polar surface area (TPSA) is 18.5 Å². The van der Waals surface area contributed by atoms with Crippen LogP contribution in [-0.2, 0) is 13.1 Å². The van der Waals surface area contributed by atoms with E-state index in [2.05, 4.69) is 96.6 Å². The Balaban J connectivity index is 1.71. The summed E-state index contributed by atoms with van der Waals surface area (Å²) in [6.45, 7) is 12.6. The quantitative estimate of drug-likeness (QED) is 0.365. The maximum Gasteiger partial charge on any atom is 0.0781 e. The molecule has 3 heteroatoms. The van der Waals surface area contributed by atoms with Crippen LogP contribution in [0.25, 0.3) is 0 Å². The molecule has 2 aromatic carbocycles. The van der Waals surface area contributed by atoms with Crippen LogP contribution in [0.15, 0.2) is 60.7 Å². The van der Waals surface area contributed by atoms with E-state index in [1.807, 2.05) is 0 Å². The summed E-state index contributed by atoms with van der Waals surface area (Å²) in [5.41, 5.74) is 2.78. The predicted octanol–water partition coefficient (Wildman–Crippen LogP) is 6.45. The molecule has 1 aliphatic heterocycles. The second kappa shape index (κ2) is 13.1. The molecule has 0 bridgehead atoms. The number of rotatable bonds is 13. The van der Waals surface area contributed by atoms with E-state index in [9.17, 15) is 0 Å². The van der Waals surface area contributed by atoms with E-state index in [1.165, 1.54) is 69.2 Å². The molecule has 2 aromatic rings. The minimum absolute atomic E-state index is 0.00825. The van der Waals surface area contributed by atoms with Gasteiger partial charge in [0.25, 0.3) is 0 Å². The fourth-order valence-electron chi connectivity index (χ4n) is 5.06. The number of hydrogen-bond donors (Lipinski definition) is 1. The Kier molecular flexibility index (Phi) is 10.2. The van der Waals surface area contributed by atoms with Gasteiger partial charge in [0.2, 0.25) is 0 Å². The van der Waals surface area contributed by atoms with Crippen molar-refractivity contribution in [1.82, 2.24) is 15.1 Å². The largest absolute Gasteiger partial charge is 0.300 e. The van der Waals surface area contributed by atoms with Crippen LogP contribution in [0.1, 0.15) is 76.8 Å². The first-order valence-corrected chi connectivity index (χ1v) is 12.9. The fourth-order valence-corrected chi connectivity index (χ4v) is 5.06. The van der Waals surface area contributed by atoms with E-state index in [4.69, 9.17) is 0 Å². The van der Waals surface area contributed by atoms with Gasteiger partial charge in [-0.05, 0) is 50.9 Å². The van der Waals surface area contributed by atoms with Crippen molar-refractivity contribution in [3.05, 3.63) is 71.8 Å². The summed E-state index contributed by atoms with van der Waals surface area (Å²) in [6, 6.07) is 21.9. The molecular formula is C29H45N3. The zero-order chi connectivity index (χ0) is 22.7. The molecule has 32 heavy (non-hydrogen) atoms. The third-order valence-corrected chi connectivity index (χ3v) is 7.04. The normalized spacial score (nSPS) is 17.7. The van der Waals surface area contributed by atoms with Gasteiger partial charge in [0.15, 0.2) is 0 Å². The van der Waals surface area contributed by atoms with Crippen molar-refractivity contribution in [3.63, 3.8) is 0 Å². The number of hydrogen-bond acceptors (Lipinski definition) is 3. The average molecular weight is 436 g/mol. The maximum atomic E-state index is 3.91. The summed E-state index contributed by atoms with van der Waals surface area (Å²) >= 11 is 0. The van der Waals surface area contributed by atoms with Crippen molar-refractivity contribution in [2.24, 2.45) is 0 Å². The standard InChI is InChI=1S/C29H45N3/c1-4-5-6-7-8-15-22-31-23-16-21-30-28(31)29(2,3)32(24-26-17-11-9-12-18-26)25-27-19-13-10-14-20-27/h9-14,17-20,28,30H,4-8,15-16,21-25H2,1-3H3. The van der Waals surface area contributed by atoms with Crippen molar-refractivity contribution >= 4 is 0 Å². The summed E-state index contributed by atoms with van der Waals surface area (Å²) in [4.78, 5) is 5.40. The highest BCUT2D eigenvalue weighted by molar-refractivity contribution is 5.18. The molecular weight excluding hydrogens is 390 g/mol. The number of unbranched alkanes of at least 4 members (excludes halogenated alkanes) is 5. The lowest BCUT2D eigenvalue weighted by molar-refractivity contribution is -0.0230. The highest BCUT2D eigenvalue weighted by atomic mass is 15.4. The van der Waals surface area contributed by atoms with Crippen LogP contribution in [0.4, 0.5) is 0 Å². The van der Waals surface area contributed by atoms with Gasteiger partial charge in [0, 0.05) is 25.2 Å². The lowest BCUT2D eigenvalue weighted by atomic mass is 9.93. The van der Waals surface area contributed by atoms with E-state index >= 15 is 0 Å². The Labute approximate surface area is 197 Å². The minimum atomic E-state index is 0.00825. The van der Waals surface area contributed by atoms with Crippen LogP contribution in [0, 0.1) is 0 Å². The van der Waals surface area contributed by atoms with Gasteiger partial charge < -0.3 is 5.32 Å². The van der Waals surface area contributed by atoms with E-state index in [-0.39, 0.29) is 5.54 Å². The monoisotopic (exact) mass is 435 g/mol. The van der Waals surface area contributed by atoms with Crippen molar-refractivity contribution in [2.45, 2.75) is 90.5 Å². The van der Waals surface area contributed by atoms with E-state index in [0.29, 0.717) is 6.17 Å². The number of nitrogens with zero attached hydrogens (tertiary/aromatic N) is 2. The number of benzene rings is 2. The smallest absolute Gasteiger partial charge is 0.0781 e. The van der Waals surface area contributed by atoms with E-state index in [0.717, 1.165) is 19.6 Å². The molecule has 176 valence electrons. The molecule has 0 saturated carbocycles. The van der Waals surface area contributed by atoms with Crippen LogP contribution < -0.4 is 5.32 Å². The molecule has 1 aliphatic rings. The number of nitrogens with one attached hydrogen (secondary N) is 1. The highest BCUT2D eigenvalue weighted by Crippen LogP contribution is 2.28. The second-order valence-corrected chi connectivity index (χ2v) is 9.99. The molecule has 1 N–H and O–H groups in total. The van der Waals surface area contributed by atoms with E-state index < -0.39 is 0 Å². The maximum absolute atomic E-state index is 3.91. The molecule has 1 fully saturated rings. The van der Waals surface area contributed by atoms with Crippen LogP contribution in [0.3, 0.4) is 0 Å². The van der Waals surface area contributed by atoms with Crippen molar-refractivity contribution in [3.8, 4) is 0 Å². The first-order chi connectivity index (χ1) is 15.6. The summed E-state index contributed by atoms with van der Waals surface area (Å²) in [6.07, 6.45) is 9.79. The van der Waals surface area contributed by atoms with Gasteiger partial charge in [0.05, 0.1) is 6.17 Å². The molecule has 0 radical (unpaired) electrons. The Morgan fingerprint density at radius 1 is 0.844 bits per heavy atom. The van der Waals surface area contributed by atoms with Crippen molar-refractivity contribution in [1.29, 1.82) is 0 Å². The van der Waals surface area contributed by atoms with Gasteiger partial charge >= 0.3 is 0 Å². The average Bonchev–Trinajstić information content (AvgIpc) is 2.82. The van der Waals surface area contributed by atoms with Crippen molar-refractivity contribution < 1.29 is 0 Å². The predicted molar refractivity (Wildman–Crippen MR) is 138 cm³/mol. The molecule has 0 spiro atoms. The van der Waals surface area contributed by atoms with Gasteiger partial charge in [-0.15, -0.1) is 0 Å². The Morgan fingerprint density at radius 2 is 1.41 bits per heavy atom. The Morgan fingerprint density at radius 3 is 2.00 bits per heavy atom.